The number of hydrogen-bond donors (Lipinski definition) is 1. The first-order chi connectivity index (χ1) is 14.0. The molecule has 2 amide bonds. The second-order valence-electron chi connectivity index (χ2n) is 7.15. The molecule has 2 fully saturated rings. The Bertz CT molecular complexity index is 1040. The molecule has 2 aliphatic heterocycles. The molecule has 150 valence electrons. The van der Waals surface area contributed by atoms with Crippen molar-refractivity contribution in [1.29, 1.82) is 0 Å². The van der Waals surface area contributed by atoms with E-state index in [1.54, 1.807) is 13.2 Å². The normalized spacial score (nSPS) is 18.5. The van der Waals surface area contributed by atoms with Gasteiger partial charge in [-0.25, -0.2) is 4.98 Å². The third-order valence-electron chi connectivity index (χ3n) is 5.19. The number of piperidine rings is 1. The number of aromatic nitrogens is 1. The average Bonchev–Trinajstić information content (AvgIpc) is 3.00. The zero-order valence-corrected chi connectivity index (χ0v) is 17.2. The van der Waals surface area contributed by atoms with Crippen LogP contribution >= 0.6 is 12.2 Å². The van der Waals surface area contributed by atoms with E-state index in [2.05, 4.69) is 10.2 Å². The van der Waals surface area contributed by atoms with Crippen molar-refractivity contribution >= 4 is 51.9 Å². The number of methoxy groups -OCH3 is 1. The molecule has 1 N–H and O–H groups in total. The van der Waals surface area contributed by atoms with E-state index in [-0.39, 0.29) is 22.6 Å². The van der Waals surface area contributed by atoms with Gasteiger partial charge in [0.15, 0.2) is 5.11 Å². The fourth-order valence-corrected chi connectivity index (χ4v) is 4.08. The fraction of sp³-hybridized carbons (Fsp3) is 0.333. The van der Waals surface area contributed by atoms with Crippen LogP contribution in [0.15, 0.2) is 30.0 Å². The topological polar surface area (TPSA) is 74.8 Å². The van der Waals surface area contributed by atoms with Crippen LogP contribution in [0.1, 0.15) is 31.7 Å². The van der Waals surface area contributed by atoms with Crippen LogP contribution in [0.25, 0.3) is 17.0 Å². The standard InChI is InChI=1S/C21H22N4O3S/c1-13(26)25-18(20(27)23-21(25)29)11-15-10-14-6-7-16(28-2)12-17(14)22-19(15)24-8-4-3-5-9-24/h6-7,10-12H,3-5,8-9H2,1-2H3,(H,23,27,29). The molecule has 0 bridgehead atoms. The van der Waals surface area contributed by atoms with Gasteiger partial charge in [0.1, 0.15) is 17.3 Å². The Morgan fingerprint density at radius 1 is 1.24 bits per heavy atom. The number of nitrogens with one attached hydrogen (secondary N) is 1. The van der Waals surface area contributed by atoms with Crippen molar-refractivity contribution in [3.63, 3.8) is 0 Å². The van der Waals surface area contributed by atoms with E-state index in [0.717, 1.165) is 54.0 Å². The molecule has 4 rings (SSSR count). The van der Waals surface area contributed by atoms with Crippen LogP contribution in [-0.2, 0) is 9.59 Å². The van der Waals surface area contributed by atoms with Crippen LogP contribution < -0.4 is 15.0 Å². The summed E-state index contributed by atoms with van der Waals surface area (Å²) in [5.74, 6) is 0.846. The zero-order chi connectivity index (χ0) is 20.5. The van der Waals surface area contributed by atoms with Crippen LogP contribution in [-0.4, -0.2) is 47.0 Å². The van der Waals surface area contributed by atoms with Gasteiger partial charge in [-0.3, -0.25) is 19.8 Å². The molecule has 0 spiro atoms. The number of fused-ring (bicyclic) bond motifs is 1. The second-order valence-corrected chi connectivity index (χ2v) is 7.54. The van der Waals surface area contributed by atoms with Gasteiger partial charge in [0.05, 0.1) is 12.6 Å². The predicted molar refractivity (Wildman–Crippen MR) is 116 cm³/mol. The number of hydrogen-bond acceptors (Lipinski definition) is 6. The summed E-state index contributed by atoms with van der Waals surface area (Å²) in [5, 5.41) is 3.58. The smallest absolute Gasteiger partial charge is 0.274 e. The Hall–Kier alpha value is -3.00. The molecule has 0 aliphatic carbocycles. The molecule has 2 aromatic rings. The quantitative estimate of drug-likeness (QED) is 0.620. The highest BCUT2D eigenvalue weighted by Crippen LogP contribution is 2.31. The van der Waals surface area contributed by atoms with Gasteiger partial charge in [-0.15, -0.1) is 0 Å². The van der Waals surface area contributed by atoms with Gasteiger partial charge in [0, 0.05) is 37.0 Å². The number of carbonyl (C=O) groups excluding carboxylic acids is 2. The van der Waals surface area contributed by atoms with Gasteiger partial charge in [0.25, 0.3) is 5.91 Å². The summed E-state index contributed by atoms with van der Waals surface area (Å²) < 4.78 is 5.33. The summed E-state index contributed by atoms with van der Waals surface area (Å²) in [6.07, 6.45) is 5.09. The molecule has 0 saturated carbocycles. The Kier molecular flexibility index (Phi) is 5.19. The number of ether oxygens (including phenoxy) is 1. The molecule has 0 radical (unpaired) electrons. The molecule has 29 heavy (non-hydrogen) atoms. The van der Waals surface area contributed by atoms with Crippen molar-refractivity contribution in [2.45, 2.75) is 26.2 Å². The van der Waals surface area contributed by atoms with E-state index in [4.69, 9.17) is 21.9 Å². The number of benzene rings is 1. The summed E-state index contributed by atoms with van der Waals surface area (Å²) in [6, 6.07) is 7.71. The van der Waals surface area contributed by atoms with E-state index in [0.29, 0.717) is 0 Å². The lowest BCUT2D eigenvalue weighted by Gasteiger charge is -2.29. The Labute approximate surface area is 174 Å². The molecule has 2 aliphatic rings. The van der Waals surface area contributed by atoms with E-state index < -0.39 is 0 Å². The number of amides is 2. The number of pyridine rings is 1. The monoisotopic (exact) mass is 410 g/mol. The van der Waals surface area contributed by atoms with Crippen LogP contribution in [0.5, 0.6) is 5.75 Å². The van der Waals surface area contributed by atoms with Crippen LogP contribution in [0.3, 0.4) is 0 Å². The maximum atomic E-state index is 12.4. The van der Waals surface area contributed by atoms with E-state index in [1.165, 1.54) is 18.2 Å². The minimum absolute atomic E-state index is 0.103. The maximum Gasteiger partial charge on any atom is 0.274 e. The molecular formula is C21H22N4O3S. The Morgan fingerprint density at radius 3 is 2.69 bits per heavy atom. The first-order valence-electron chi connectivity index (χ1n) is 9.59. The number of nitrogens with zero attached hydrogens (tertiary/aromatic N) is 3. The third-order valence-corrected chi connectivity index (χ3v) is 5.48. The highest BCUT2D eigenvalue weighted by atomic mass is 32.1. The lowest BCUT2D eigenvalue weighted by atomic mass is 10.1. The summed E-state index contributed by atoms with van der Waals surface area (Å²) >= 11 is 5.14. The molecule has 1 aromatic heterocycles. The van der Waals surface area contributed by atoms with Crippen molar-refractivity contribution in [2.75, 3.05) is 25.1 Å². The summed E-state index contributed by atoms with van der Waals surface area (Å²) in [5.41, 5.74) is 1.82. The lowest BCUT2D eigenvalue weighted by molar-refractivity contribution is -0.125. The summed E-state index contributed by atoms with van der Waals surface area (Å²) in [6.45, 7) is 3.19. The van der Waals surface area contributed by atoms with Crippen molar-refractivity contribution < 1.29 is 14.3 Å². The third kappa shape index (κ3) is 3.67. The Balaban J connectivity index is 1.88. The van der Waals surface area contributed by atoms with Crippen molar-refractivity contribution in [3.05, 3.63) is 35.5 Å². The van der Waals surface area contributed by atoms with Gasteiger partial charge >= 0.3 is 0 Å². The molecule has 1 aromatic carbocycles. The van der Waals surface area contributed by atoms with Crippen LogP contribution in [0.4, 0.5) is 5.82 Å². The number of anilines is 1. The molecule has 3 heterocycles. The highest BCUT2D eigenvalue weighted by Gasteiger charge is 2.33. The lowest BCUT2D eigenvalue weighted by Crippen LogP contribution is -2.31. The van der Waals surface area contributed by atoms with E-state index >= 15 is 0 Å². The van der Waals surface area contributed by atoms with Crippen molar-refractivity contribution in [2.24, 2.45) is 0 Å². The number of carbonyl (C=O) groups is 2. The Morgan fingerprint density at radius 2 is 2.00 bits per heavy atom. The molecule has 8 heteroatoms. The summed E-state index contributed by atoms with van der Waals surface area (Å²) in [7, 11) is 1.63. The molecule has 0 atom stereocenters. The first-order valence-corrected chi connectivity index (χ1v) is 10.00. The molecule has 7 nitrogen and oxygen atoms in total. The van der Waals surface area contributed by atoms with E-state index in [9.17, 15) is 9.59 Å². The van der Waals surface area contributed by atoms with Crippen LogP contribution in [0, 0.1) is 0 Å². The van der Waals surface area contributed by atoms with Crippen molar-refractivity contribution in [1.82, 2.24) is 15.2 Å². The number of rotatable bonds is 3. The highest BCUT2D eigenvalue weighted by molar-refractivity contribution is 7.80. The second kappa shape index (κ2) is 7.79. The SMILES string of the molecule is COc1ccc2cc(C=C3C(=O)NC(=S)N3C(C)=O)c(N3CCCCC3)nc2c1. The predicted octanol–water partition coefficient (Wildman–Crippen LogP) is 2.84. The van der Waals surface area contributed by atoms with Gasteiger partial charge in [-0.05, 0) is 55.8 Å². The van der Waals surface area contributed by atoms with Gasteiger partial charge in [0.2, 0.25) is 5.91 Å². The van der Waals surface area contributed by atoms with Gasteiger partial charge in [-0.1, -0.05) is 0 Å². The number of thiocarbonyl (C=S) groups is 1. The minimum atomic E-state index is -0.385. The zero-order valence-electron chi connectivity index (χ0n) is 16.4. The largest absolute Gasteiger partial charge is 0.497 e. The molecule has 2 saturated heterocycles. The van der Waals surface area contributed by atoms with Gasteiger partial charge in [-0.2, -0.15) is 0 Å². The maximum absolute atomic E-state index is 12.4. The average molecular weight is 410 g/mol. The summed E-state index contributed by atoms with van der Waals surface area (Å²) in [4.78, 5) is 32.8. The fourth-order valence-electron chi connectivity index (χ4n) is 3.76. The van der Waals surface area contributed by atoms with Crippen LogP contribution in [0.2, 0.25) is 0 Å². The molecular weight excluding hydrogens is 388 g/mol. The van der Waals surface area contributed by atoms with Crippen molar-refractivity contribution in [3.8, 4) is 5.75 Å². The molecule has 0 unspecified atom stereocenters. The van der Waals surface area contributed by atoms with Gasteiger partial charge < -0.3 is 9.64 Å². The van der Waals surface area contributed by atoms with E-state index in [1.807, 2.05) is 24.3 Å². The minimum Gasteiger partial charge on any atom is -0.497 e. The first kappa shape index (κ1) is 19.3.